The predicted octanol–water partition coefficient (Wildman–Crippen LogP) is 3.56. The lowest BCUT2D eigenvalue weighted by molar-refractivity contribution is -0.141. The van der Waals surface area contributed by atoms with Gasteiger partial charge < -0.3 is 5.48 Å². The van der Waals surface area contributed by atoms with Gasteiger partial charge in [0.1, 0.15) is 6.54 Å². The molecule has 11 heteroatoms. The maximum atomic E-state index is 13.0. The van der Waals surface area contributed by atoms with E-state index in [1.807, 2.05) is 0 Å². The summed E-state index contributed by atoms with van der Waals surface area (Å²) in [4.78, 5) is 2.46. The van der Waals surface area contributed by atoms with E-state index in [9.17, 15) is 26.2 Å². The summed E-state index contributed by atoms with van der Waals surface area (Å²) in [6, 6.07) is 1.38. The van der Waals surface area contributed by atoms with Gasteiger partial charge in [0.25, 0.3) is 6.43 Å². The van der Waals surface area contributed by atoms with Gasteiger partial charge in [-0.25, -0.2) is 8.78 Å². The van der Waals surface area contributed by atoms with Crippen LogP contribution in [0.4, 0.5) is 22.0 Å². The quantitative estimate of drug-likeness (QED) is 0.628. The molecule has 0 radical (unpaired) electrons. The zero-order valence-corrected chi connectivity index (χ0v) is 16.5. The van der Waals surface area contributed by atoms with Crippen molar-refractivity contribution in [2.24, 2.45) is 17.3 Å². The molecule has 2 saturated heterocycles. The number of hydrogen-bond donors (Lipinski definition) is 0. The van der Waals surface area contributed by atoms with E-state index < -0.39 is 35.6 Å². The molecular weight excluding hydrogens is 441 g/mol. The standard InChI is InChI=1S/C18H22F5N3OS.2CH4.H2O/c19-15(20)6-26-13(5-14(24-26)18(21,22)23)16-11-3-10(4-12(11)16)25-2-1-17(7-25)8-28(27)9-17;;;/h5,10-12,15-16H,1-4,6-9H2;2*1H4;1H2/t10?,11-,12+,16?,17?,28?;;;. The number of alkyl halides is 5. The van der Waals surface area contributed by atoms with Gasteiger partial charge in [-0.15, -0.1) is 0 Å². The molecule has 4 aliphatic rings. The van der Waals surface area contributed by atoms with Crippen LogP contribution >= 0.6 is 0 Å². The molecule has 180 valence electrons. The van der Waals surface area contributed by atoms with Gasteiger partial charge in [-0.1, -0.05) is 14.9 Å². The first-order chi connectivity index (χ1) is 13.2. The van der Waals surface area contributed by atoms with E-state index in [2.05, 4.69) is 10.00 Å². The van der Waals surface area contributed by atoms with Crippen LogP contribution in [-0.2, 0) is 23.5 Å². The van der Waals surface area contributed by atoms with Crippen LogP contribution in [0.25, 0.3) is 0 Å². The highest BCUT2D eigenvalue weighted by Gasteiger charge is 2.60. The third-order valence-electron chi connectivity index (χ3n) is 7.09. The maximum Gasteiger partial charge on any atom is 0.435 e. The molecule has 2 unspecified atom stereocenters. The van der Waals surface area contributed by atoms with Crippen molar-refractivity contribution in [3.8, 4) is 0 Å². The molecule has 31 heavy (non-hydrogen) atoms. The molecule has 1 aromatic heterocycles. The van der Waals surface area contributed by atoms with Gasteiger partial charge in [-0.2, -0.15) is 18.3 Å². The average molecular weight is 474 g/mol. The predicted molar refractivity (Wildman–Crippen MR) is 110 cm³/mol. The minimum absolute atomic E-state index is 0. The highest BCUT2D eigenvalue weighted by Crippen LogP contribution is 2.64. The van der Waals surface area contributed by atoms with Crippen LogP contribution in [0, 0.1) is 17.3 Å². The lowest BCUT2D eigenvalue weighted by Crippen LogP contribution is -2.47. The zero-order valence-electron chi connectivity index (χ0n) is 15.7. The van der Waals surface area contributed by atoms with E-state index in [0.29, 0.717) is 11.7 Å². The monoisotopic (exact) mass is 473 g/mol. The van der Waals surface area contributed by atoms with Crippen molar-refractivity contribution in [1.82, 2.24) is 14.7 Å². The fourth-order valence-electron chi connectivity index (χ4n) is 5.82. The summed E-state index contributed by atoms with van der Waals surface area (Å²) in [5.41, 5.74) is -0.549. The van der Waals surface area contributed by atoms with Crippen molar-refractivity contribution < 1.29 is 31.6 Å². The summed E-state index contributed by atoms with van der Waals surface area (Å²) in [6.45, 7) is 1.17. The van der Waals surface area contributed by atoms with Crippen molar-refractivity contribution in [1.29, 1.82) is 0 Å². The van der Waals surface area contributed by atoms with Gasteiger partial charge in [0.2, 0.25) is 0 Å². The lowest BCUT2D eigenvalue weighted by atomic mass is 9.91. The molecule has 4 atom stereocenters. The molecule has 5 nitrogen and oxygen atoms in total. The fourth-order valence-corrected chi connectivity index (χ4v) is 7.57. The second kappa shape index (κ2) is 8.70. The van der Waals surface area contributed by atoms with Crippen LogP contribution in [0.15, 0.2) is 6.07 Å². The van der Waals surface area contributed by atoms with Gasteiger partial charge in [-0.3, -0.25) is 13.8 Å². The number of halogens is 5. The summed E-state index contributed by atoms with van der Waals surface area (Å²) < 4.78 is 77.0. The minimum Gasteiger partial charge on any atom is -0.412 e. The van der Waals surface area contributed by atoms with Gasteiger partial charge in [0.15, 0.2) is 5.69 Å². The van der Waals surface area contributed by atoms with Crippen molar-refractivity contribution in [3.63, 3.8) is 0 Å². The first kappa shape index (κ1) is 26.2. The number of nitrogens with zero attached hydrogens (tertiary/aromatic N) is 3. The Morgan fingerprint density at radius 1 is 1.19 bits per heavy atom. The highest BCUT2D eigenvalue weighted by molar-refractivity contribution is 7.86. The summed E-state index contributed by atoms with van der Waals surface area (Å²) in [7, 11) is -0.669. The SMILES string of the molecule is C.C.O.O=S1CC2(CCN(C3C[C@@H]4C(c5cc(C(F)(F)F)nn5CC(F)F)[C@@H]4C3)C2)C1. The van der Waals surface area contributed by atoms with Crippen LogP contribution < -0.4 is 0 Å². The Morgan fingerprint density at radius 3 is 2.32 bits per heavy atom. The fraction of sp³-hybridized carbons (Fsp3) is 0.850. The summed E-state index contributed by atoms with van der Waals surface area (Å²) >= 11 is 0. The van der Waals surface area contributed by atoms with Crippen molar-refractivity contribution >= 4 is 10.8 Å². The number of rotatable bonds is 4. The minimum atomic E-state index is -4.62. The second-order valence-corrected chi connectivity index (χ2v) is 10.4. The Bertz CT molecular complexity index is 795. The van der Waals surface area contributed by atoms with Gasteiger partial charge in [0.05, 0.1) is 0 Å². The summed E-state index contributed by atoms with van der Waals surface area (Å²) in [5, 5.41) is 3.42. The third kappa shape index (κ3) is 4.55. The molecule has 4 fully saturated rings. The molecule has 1 spiro atoms. The second-order valence-electron chi connectivity index (χ2n) is 8.95. The first-order valence-corrected chi connectivity index (χ1v) is 11.2. The molecular formula is C20H32F5N3O2S. The summed E-state index contributed by atoms with van der Waals surface area (Å²) in [5.74, 6) is 2.00. The Labute approximate surface area is 182 Å². The van der Waals surface area contributed by atoms with Gasteiger partial charge >= 0.3 is 6.18 Å². The van der Waals surface area contributed by atoms with Crippen molar-refractivity contribution in [2.45, 2.75) is 65.2 Å². The average Bonchev–Trinajstić information content (AvgIpc) is 3.02. The van der Waals surface area contributed by atoms with Crippen LogP contribution in [0.2, 0.25) is 0 Å². The maximum absolute atomic E-state index is 13.0. The smallest absolute Gasteiger partial charge is 0.412 e. The molecule has 2 saturated carbocycles. The van der Waals surface area contributed by atoms with Crippen LogP contribution in [0.1, 0.15) is 51.4 Å². The number of fused-ring (bicyclic) bond motifs is 1. The molecule has 1 aromatic rings. The molecule has 2 N–H and O–H groups in total. The first-order valence-electron chi connectivity index (χ1n) is 9.67. The molecule has 3 heterocycles. The van der Waals surface area contributed by atoms with E-state index in [1.165, 1.54) is 0 Å². The van der Waals surface area contributed by atoms with Crippen LogP contribution in [-0.4, -0.2) is 61.4 Å². The Balaban J connectivity index is 0.00000114. The topological polar surface area (TPSA) is 69.6 Å². The number of aromatic nitrogens is 2. The Hall–Kier alpha value is -1.07. The van der Waals surface area contributed by atoms with E-state index in [4.69, 9.17) is 0 Å². The third-order valence-corrected chi connectivity index (χ3v) is 8.96. The van der Waals surface area contributed by atoms with Gasteiger partial charge in [0, 0.05) is 51.9 Å². The largest absolute Gasteiger partial charge is 0.435 e. The van der Waals surface area contributed by atoms with Crippen LogP contribution in [0.5, 0.6) is 0 Å². The lowest BCUT2D eigenvalue weighted by Gasteiger charge is -2.38. The molecule has 0 bridgehead atoms. The Morgan fingerprint density at radius 2 is 1.81 bits per heavy atom. The van der Waals surface area contributed by atoms with Crippen molar-refractivity contribution in [3.05, 3.63) is 17.5 Å². The molecule has 2 aliphatic carbocycles. The highest BCUT2D eigenvalue weighted by atomic mass is 32.2. The molecule has 0 aromatic carbocycles. The molecule has 5 rings (SSSR count). The van der Waals surface area contributed by atoms with Gasteiger partial charge in [-0.05, 0) is 43.7 Å². The van der Waals surface area contributed by atoms with E-state index >= 15 is 0 Å². The Kier molecular flexibility index (Phi) is 7.35. The van der Waals surface area contributed by atoms with Crippen LogP contribution in [0.3, 0.4) is 0 Å². The molecule has 0 amide bonds. The van der Waals surface area contributed by atoms with E-state index in [0.717, 1.165) is 54.6 Å². The number of hydrogen-bond acceptors (Lipinski definition) is 3. The number of likely N-dealkylation sites (tertiary alicyclic amines) is 1. The zero-order chi connectivity index (χ0) is 19.8. The summed E-state index contributed by atoms with van der Waals surface area (Å²) in [6.07, 6.45) is -4.49. The molecule has 2 aliphatic heterocycles. The van der Waals surface area contributed by atoms with E-state index in [-0.39, 0.29) is 43.5 Å². The normalized spacial score (nSPS) is 36.4. The van der Waals surface area contributed by atoms with Crippen molar-refractivity contribution in [2.75, 3.05) is 24.6 Å². The van der Waals surface area contributed by atoms with E-state index in [1.54, 1.807) is 0 Å².